The molecule has 1 heterocycles. The number of aromatic hydroxyl groups is 1. The summed E-state index contributed by atoms with van der Waals surface area (Å²) in [4.78, 5) is 11.8. The van der Waals surface area contributed by atoms with Gasteiger partial charge in [-0.15, -0.1) is 5.10 Å². The summed E-state index contributed by atoms with van der Waals surface area (Å²) in [6.07, 6.45) is 3.20. The van der Waals surface area contributed by atoms with E-state index in [1.54, 1.807) is 30.5 Å². The average molecular weight is 321 g/mol. The molecule has 0 aliphatic carbocycles. The van der Waals surface area contributed by atoms with E-state index in [2.05, 4.69) is 20.8 Å². The number of nitrogens with zero attached hydrogens (tertiary/aromatic N) is 4. The summed E-state index contributed by atoms with van der Waals surface area (Å²) in [5, 5.41) is 21.0. The van der Waals surface area contributed by atoms with E-state index >= 15 is 0 Å². The second-order valence-corrected chi connectivity index (χ2v) is 5.05. The molecule has 7 heteroatoms. The van der Waals surface area contributed by atoms with Gasteiger partial charge in [0.15, 0.2) is 0 Å². The van der Waals surface area contributed by atoms with Gasteiger partial charge in [0.1, 0.15) is 18.0 Å². The van der Waals surface area contributed by atoms with Crippen molar-refractivity contribution in [2.24, 2.45) is 5.10 Å². The number of nitrogens with one attached hydrogen (secondary N) is 1. The fraction of sp³-hybridized carbons (Fsp3) is 0.0588. The smallest absolute Gasteiger partial charge is 0.261 e. The second-order valence-electron chi connectivity index (χ2n) is 5.05. The van der Waals surface area contributed by atoms with Gasteiger partial charge in [0.25, 0.3) is 5.91 Å². The Hall–Kier alpha value is -3.48. The van der Waals surface area contributed by atoms with E-state index in [1.807, 2.05) is 30.3 Å². The van der Waals surface area contributed by atoms with E-state index in [9.17, 15) is 9.90 Å². The van der Waals surface area contributed by atoms with E-state index in [0.29, 0.717) is 5.69 Å². The first kappa shape index (κ1) is 15.4. The minimum absolute atomic E-state index is 0.0206. The van der Waals surface area contributed by atoms with Crippen LogP contribution in [0.1, 0.15) is 5.56 Å². The molecule has 0 fully saturated rings. The van der Waals surface area contributed by atoms with Crippen molar-refractivity contribution >= 4 is 12.1 Å². The Labute approximate surface area is 138 Å². The summed E-state index contributed by atoms with van der Waals surface area (Å²) < 4.78 is 1.45. The SMILES string of the molecule is O=C(Cn1cc(-c2ccccc2)nn1)N/N=C/c1ccc(O)cc1. The quantitative estimate of drug-likeness (QED) is 0.553. The number of carbonyl (C=O) groups excluding carboxylic acids is 1. The average Bonchev–Trinajstić information content (AvgIpc) is 3.06. The number of carbonyl (C=O) groups is 1. The maximum absolute atomic E-state index is 11.8. The predicted octanol–water partition coefficient (Wildman–Crippen LogP) is 1.80. The van der Waals surface area contributed by atoms with Gasteiger partial charge in [-0.25, -0.2) is 10.1 Å². The highest BCUT2D eigenvalue weighted by Gasteiger charge is 2.06. The number of amides is 1. The van der Waals surface area contributed by atoms with Gasteiger partial charge >= 0.3 is 0 Å². The predicted molar refractivity (Wildman–Crippen MR) is 89.3 cm³/mol. The molecule has 0 spiro atoms. The van der Waals surface area contributed by atoms with Gasteiger partial charge in [-0.2, -0.15) is 5.10 Å². The zero-order chi connectivity index (χ0) is 16.8. The number of hydrogen-bond acceptors (Lipinski definition) is 5. The van der Waals surface area contributed by atoms with Crippen LogP contribution in [0.25, 0.3) is 11.3 Å². The molecule has 120 valence electrons. The molecule has 1 amide bonds. The van der Waals surface area contributed by atoms with Crippen molar-refractivity contribution in [1.29, 1.82) is 0 Å². The molecule has 7 nitrogen and oxygen atoms in total. The molecule has 0 saturated carbocycles. The number of phenolic OH excluding ortho intramolecular Hbond substituents is 1. The van der Waals surface area contributed by atoms with Crippen LogP contribution in [0.2, 0.25) is 0 Å². The number of aromatic nitrogens is 3. The van der Waals surface area contributed by atoms with Gasteiger partial charge in [-0.05, 0) is 29.8 Å². The van der Waals surface area contributed by atoms with Crippen LogP contribution in [0.3, 0.4) is 0 Å². The van der Waals surface area contributed by atoms with Crippen molar-refractivity contribution in [2.45, 2.75) is 6.54 Å². The lowest BCUT2D eigenvalue weighted by atomic mass is 10.2. The molecule has 2 aromatic carbocycles. The normalized spacial score (nSPS) is 10.8. The van der Waals surface area contributed by atoms with Crippen molar-refractivity contribution in [2.75, 3.05) is 0 Å². The van der Waals surface area contributed by atoms with Gasteiger partial charge in [0, 0.05) is 5.56 Å². The van der Waals surface area contributed by atoms with E-state index in [0.717, 1.165) is 11.1 Å². The Morgan fingerprint density at radius 2 is 1.92 bits per heavy atom. The Balaban J connectivity index is 1.55. The first-order chi connectivity index (χ1) is 11.7. The Morgan fingerprint density at radius 3 is 2.67 bits per heavy atom. The van der Waals surface area contributed by atoms with Crippen LogP contribution in [0.4, 0.5) is 0 Å². The first-order valence-electron chi connectivity index (χ1n) is 7.27. The molecule has 0 aliphatic rings. The van der Waals surface area contributed by atoms with Crippen LogP contribution in [0, 0.1) is 0 Å². The number of benzene rings is 2. The standard InChI is InChI=1S/C17H15N5O2/c23-15-8-6-13(7-9-15)10-18-20-17(24)12-22-11-16(19-21-22)14-4-2-1-3-5-14/h1-11,23H,12H2,(H,20,24)/b18-10+. The summed E-state index contributed by atoms with van der Waals surface area (Å²) in [6.45, 7) is 0.0206. The number of rotatable bonds is 5. The van der Waals surface area contributed by atoms with Crippen LogP contribution < -0.4 is 5.43 Å². The van der Waals surface area contributed by atoms with Crippen molar-refractivity contribution < 1.29 is 9.90 Å². The summed E-state index contributed by atoms with van der Waals surface area (Å²) in [5.74, 6) is -0.133. The molecule has 0 saturated heterocycles. The molecule has 1 aromatic heterocycles. The zero-order valence-electron chi connectivity index (χ0n) is 12.7. The lowest BCUT2D eigenvalue weighted by Gasteiger charge is -1.99. The highest BCUT2D eigenvalue weighted by Crippen LogP contribution is 2.14. The van der Waals surface area contributed by atoms with Crippen molar-refractivity contribution in [3.8, 4) is 17.0 Å². The third-order valence-corrected chi connectivity index (χ3v) is 3.21. The fourth-order valence-corrected chi connectivity index (χ4v) is 2.04. The van der Waals surface area contributed by atoms with E-state index in [4.69, 9.17) is 0 Å². The van der Waals surface area contributed by atoms with Gasteiger partial charge in [-0.3, -0.25) is 4.79 Å². The molecule has 0 bridgehead atoms. The Morgan fingerprint density at radius 1 is 1.17 bits per heavy atom. The van der Waals surface area contributed by atoms with E-state index < -0.39 is 0 Å². The van der Waals surface area contributed by atoms with Gasteiger partial charge in [0.2, 0.25) is 0 Å². The number of hydrogen-bond donors (Lipinski definition) is 2. The molecule has 3 aromatic rings. The maximum atomic E-state index is 11.8. The molecule has 2 N–H and O–H groups in total. The largest absolute Gasteiger partial charge is 0.508 e. The second kappa shape index (κ2) is 7.19. The van der Waals surface area contributed by atoms with Crippen LogP contribution in [0.5, 0.6) is 5.75 Å². The van der Waals surface area contributed by atoms with E-state index in [1.165, 1.54) is 10.9 Å². The molecule has 0 aliphatic heterocycles. The van der Waals surface area contributed by atoms with Gasteiger partial charge < -0.3 is 5.11 Å². The topological polar surface area (TPSA) is 92.4 Å². The van der Waals surface area contributed by atoms with Crippen LogP contribution in [-0.2, 0) is 11.3 Å². The number of hydrazone groups is 1. The lowest BCUT2D eigenvalue weighted by Crippen LogP contribution is -2.23. The minimum atomic E-state index is -0.311. The van der Waals surface area contributed by atoms with Crippen molar-refractivity contribution in [1.82, 2.24) is 20.4 Å². The maximum Gasteiger partial charge on any atom is 0.261 e. The summed E-state index contributed by atoms with van der Waals surface area (Å²) in [6, 6.07) is 16.1. The Kier molecular flexibility index (Phi) is 4.62. The van der Waals surface area contributed by atoms with Gasteiger partial charge in [0.05, 0.1) is 12.4 Å². The molecule has 0 unspecified atom stereocenters. The zero-order valence-corrected chi connectivity index (χ0v) is 12.7. The van der Waals surface area contributed by atoms with Crippen LogP contribution in [0.15, 0.2) is 65.9 Å². The Bertz CT molecular complexity index is 841. The first-order valence-corrected chi connectivity index (χ1v) is 7.27. The van der Waals surface area contributed by atoms with Crippen LogP contribution in [-0.4, -0.2) is 32.2 Å². The highest BCUT2D eigenvalue weighted by atomic mass is 16.3. The van der Waals surface area contributed by atoms with Crippen molar-refractivity contribution in [3.05, 3.63) is 66.4 Å². The molecule has 0 radical (unpaired) electrons. The van der Waals surface area contributed by atoms with E-state index in [-0.39, 0.29) is 18.2 Å². The summed E-state index contributed by atoms with van der Waals surface area (Å²) in [5.41, 5.74) is 4.83. The van der Waals surface area contributed by atoms with Crippen LogP contribution >= 0.6 is 0 Å². The minimum Gasteiger partial charge on any atom is -0.508 e. The highest BCUT2D eigenvalue weighted by molar-refractivity contribution is 5.82. The summed E-state index contributed by atoms with van der Waals surface area (Å²) in [7, 11) is 0. The monoisotopic (exact) mass is 321 g/mol. The number of phenols is 1. The summed E-state index contributed by atoms with van der Waals surface area (Å²) >= 11 is 0. The molecule has 0 atom stereocenters. The van der Waals surface area contributed by atoms with Crippen molar-refractivity contribution in [3.63, 3.8) is 0 Å². The third-order valence-electron chi connectivity index (χ3n) is 3.21. The molecular formula is C17H15N5O2. The lowest BCUT2D eigenvalue weighted by molar-refractivity contribution is -0.121. The van der Waals surface area contributed by atoms with Gasteiger partial charge in [-0.1, -0.05) is 35.5 Å². The third kappa shape index (κ3) is 4.04. The molecule has 3 rings (SSSR count). The fourth-order valence-electron chi connectivity index (χ4n) is 2.04. The molecule has 24 heavy (non-hydrogen) atoms. The molecular weight excluding hydrogens is 306 g/mol.